The minimum absolute atomic E-state index is 0.202. The quantitative estimate of drug-likeness (QED) is 0.697. The molecule has 1 rings (SSSR count). The van der Waals surface area contributed by atoms with Gasteiger partial charge in [0.25, 0.3) is 0 Å². The Kier molecular flexibility index (Phi) is 5.45. The van der Waals surface area contributed by atoms with Gasteiger partial charge in [-0.05, 0) is 39.2 Å². The number of piperidine rings is 1. The molecule has 0 aliphatic carbocycles. The van der Waals surface area contributed by atoms with E-state index >= 15 is 0 Å². The highest BCUT2D eigenvalue weighted by molar-refractivity contribution is 4.76. The van der Waals surface area contributed by atoms with Gasteiger partial charge in [0.2, 0.25) is 0 Å². The predicted octanol–water partition coefficient (Wildman–Crippen LogP) is 0.994. The molecule has 0 bridgehead atoms. The summed E-state index contributed by atoms with van der Waals surface area (Å²) in [6.45, 7) is 4.24. The van der Waals surface area contributed by atoms with E-state index in [4.69, 9.17) is 5.11 Å². The highest BCUT2D eigenvalue weighted by Crippen LogP contribution is 2.19. The lowest BCUT2D eigenvalue weighted by Crippen LogP contribution is -2.41. The van der Waals surface area contributed by atoms with E-state index < -0.39 is 0 Å². The van der Waals surface area contributed by atoms with Gasteiger partial charge in [0, 0.05) is 19.2 Å². The summed E-state index contributed by atoms with van der Waals surface area (Å²) >= 11 is 0. The van der Waals surface area contributed by atoms with Crippen molar-refractivity contribution in [2.45, 2.75) is 51.2 Å². The summed E-state index contributed by atoms with van der Waals surface area (Å²) in [5.41, 5.74) is 0. The first-order chi connectivity index (χ1) is 6.74. The average Bonchev–Trinajstić information content (AvgIpc) is 2.17. The lowest BCUT2D eigenvalue weighted by atomic mass is 9.99. The molecule has 84 valence electrons. The zero-order chi connectivity index (χ0) is 10.4. The maximum absolute atomic E-state index is 9.22. The lowest BCUT2D eigenvalue weighted by Gasteiger charge is -2.35. The fourth-order valence-electron chi connectivity index (χ4n) is 2.18. The largest absolute Gasteiger partial charge is 0.396 e. The number of likely N-dealkylation sites (tertiary alicyclic amines) is 1. The molecule has 0 amide bonds. The van der Waals surface area contributed by atoms with Gasteiger partial charge in [-0.1, -0.05) is 6.42 Å². The molecule has 1 saturated heterocycles. The topological polar surface area (TPSA) is 43.7 Å². The molecule has 14 heavy (non-hydrogen) atoms. The van der Waals surface area contributed by atoms with Gasteiger partial charge in [0.05, 0.1) is 6.10 Å². The molecule has 2 N–H and O–H groups in total. The van der Waals surface area contributed by atoms with Crippen LogP contribution in [-0.2, 0) is 0 Å². The number of aliphatic hydroxyl groups is 2. The second-order valence-electron chi connectivity index (χ2n) is 4.34. The highest BCUT2D eigenvalue weighted by atomic mass is 16.3. The van der Waals surface area contributed by atoms with E-state index in [1.165, 1.54) is 19.3 Å². The summed E-state index contributed by atoms with van der Waals surface area (Å²) in [5, 5.41) is 18.2. The van der Waals surface area contributed by atoms with Crippen LogP contribution in [0.1, 0.15) is 39.0 Å². The molecule has 1 aliphatic heterocycles. The number of hydrogen-bond donors (Lipinski definition) is 2. The molecule has 2 unspecified atom stereocenters. The summed E-state index contributed by atoms with van der Waals surface area (Å²) in [6.07, 6.45) is 5.30. The van der Waals surface area contributed by atoms with Crippen LogP contribution in [-0.4, -0.2) is 47.0 Å². The maximum Gasteiger partial charge on any atom is 0.0524 e. The Labute approximate surface area is 86.7 Å². The summed E-state index contributed by atoms with van der Waals surface area (Å²) in [7, 11) is 0. The molecule has 1 aliphatic rings. The third-order valence-electron chi connectivity index (χ3n) is 3.05. The van der Waals surface area contributed by atoms with Gasteiger partial charge in [0.15, 0.2) is 0 Å². The van der Waals surface area contributed by atoms with E-state index in [2.05, 4.69) is 4.90 Å². The molecule has 0 radical (unpaired) electrons. The highest BCUT2D eigenvalue weighted by Gasteiger charge is 2.21. The van der Waals surface area contributed by atoms with Crippen LogP contribution in [0.4, 0.5) is 0 Å². The van der Waals surface area contributed by atoms with Crippen molar-refractivity contribution < 1.29 is 10.2 Å². The second kappa shape index (κ2) is 6.38. The van der Waals surface area contributed by atoms with E-state index in [1.807, 2.05) is 6.92 Å². The molecule has 0 spiro atoms. The monoisotopic (exact) mass is 201 g/mol. The Morgan fingerprint density at radius 3 is 2.86 bits per heavy atom. The molecule has 3 nitrogen and oxygen atoms in total. The van der Waals surface area contributed by atoms with Crippen LogP contribution in [0.5, 0.6) is 0 Å². The fraction of sp³-hybridized carbons (Fsp3) is 1.00. The van der Waals surface area contributed by atoms with Gasteiger partial charge in [-0.15, -0.1) is 0 Å². The van der Waals surface area contributed by atoms with Crippen molar-refractivity contribution in [3.8, 4) is 0 Å². The molecule has 0 aromatic carbocycles. The number of aliphatic hydroxyl groups excluding tert-OH is 2. The molecule has 1 fully saturated rings. The molecular formula is C11H23NO2. The third kappa shape index (κ3) is 3.95. The summed E-state index contributed by atoms with van der Waals surface area (Å²) < 4.78 is 0. The normalized spacial score (nSPS) is 26.4. The van der Waals surface area contributed by atoms with Crippen LogP contribution < -0.4 is 0 Å². The molecular weight excluding hydrogens is 178 g/mol. The molecule has 0 saturated carbocycles. The Bertz CT molecular complexity index is 148. The first-order valence-corrected chi connectivity index (χ1v) is 5.77. The number of hydrogen-bond acceptors (Lipinski definition) is 3. The van der Waals surface area contributed by atoms with Crippen molar-refractivity contribution in [3.05, 3.63) is 0 Å². The van der Waals surface area contributed by atoms with E-state index in [-0.39, 0.29) is 12.7 Å². The van der Waals surface area contributed by atoms with E-state index in [1.54, 1.807) is 0 Å². The zero-order valence-corrected chi connectivity index (χ0v) is 9.15. The SMILES string of the molecule is CC(O)CCN1CCCCC1CCO. The second-order valence-corrected chi connectivity index (χ2v) is 4.34. The van der Waals surface area contributed by atoms with Crippen molar-refractivity contribution in [2.24, 2.45) is 0 Å². The smallest absolute Gasteiger partial charge is 0.0524 e. The van der Waals surface area contributed by atoms with Crippen LogP contribution in [0.25, 0.3) is 0 Å². The van der Waals surface area contributed by atoms with Crippen LogP contribution in [0, 0.1) is 0 Å². The Balaban J connectivity index is 2.30. The first-order valence-electron chi connectivity index (χ1n) is 5.77. The first kappa shape index (κ1) is 12.0. The predicted molar refractivity (Wildman–Crippen MR) is 57.2 cm³/mol. The van der Waals surface area contributed by atoms with Gasteiger partial charge in [-0.2, -0.15) is 0 Å². The van der Waals surface area contributed by atoms with Crippen molar-refractivity contribution in [1.29, 1.82) is 0 Å². The molecule has 1 heterocycles. The molecule has 0 aromatic heterocycles. The van der Waals surface area contributed by atoms with E-state index in [9.17, 15) is 5.11 Å². The van der Waals surface area contributed by atoms with Crippen molar-refractivity contribution in [2.75, 3.05) is 19.7 Å². The maximum atomic E-state index is 9.22. The summed E-state index contributed by atoms with van der Waals surface area (Å²) in [5.74, 6) is 0. The van der Waals surface area contributed by atoms with Gasteiger partial charge >= 0.3 is 0 Å². The van der Waals surface area contributed by atoms with E-state index in [0.29, 0.717) is 6.04 Å². The van der Waals surface area contributed by atoms with Crippen molar-refractivity contribution in [1.82, 2.24) is 4.90 Å². The summed E-state index contributed by atoms with van der Waals surface area (Å²) in [6, 6.07) is 0.549. The number of rotatable bonds is 5. The van der Waals surface area contributed by atoms with E-state index in [0.717, 1.165) is 25.9 Å². The summed E-state index contributed by atoms with van der Waals surface area (Å²) in [4.78, 5) is 2.42. The number of nitrogens with zero attached hydrogens (tertiary/aromatic N) is 1. The lowest BCUT2D eigenvalue weighted by molar-refractivity contribution is 0.0945. The zero-order valence-electron chi connectivity index (χ0n) is 9.15. The van der Waals surface area contributed by atoms with Crippen LogP contribution in [0.15, 0.2) is 0 Å². The van der Waals surface area contributed by atoms with Gasteiger partial charge < -0.3 is 15.1 Å². The molecule has 0 aromatic rings. The fourth-order valence-corrected chi connectivity index (χ4v) is 2.18. The van der Waals surface area contributed by atoms with Crippen LogP contribution >= 0.6 is 0 Å². The molecule has 3 heteroatoms. The standard InChI is InChI=1S/C11H23NO2/c1-10(14)5-8-12-7-3-2-4-11(12)6-9-13/h10-11,13-14H,2-9H2,1H3. The van der Waals surface area contributed by atoms with Crippen molar-refractivity contribution >= 4 is 0 Å². The minimum Gasteiger partial charge on any atom is -0.396 e. The van der Waals surface area contributed by atoms with Crippen LogP contribution in [0.2, 0.25) is 0 Å². The van der Waals surface area contributed by atoms with Crippen LogP contribution in [0.3, 0.4) is 0 Å². The Hall–Kier alpha value is -0.120. The Morgan fingerprint density at radius 1 is 1.43 bits per heavy atom. The van der Waals surface area contributed by atoms with Gasteiger partial charge in [0.1, 0.15) is 0 Å². The molecule has 2 atom stereocenters. The van der Waals surface area contributed by atoms with Crippen molar-refractivity contribution in [3.63, 3.8) is 0 Å². The van der Waals surface area contributed by atoms with Gasteiger partial charge in [-0.3, -0.25) is 0 Å². The Morgan fingerprint density at radius 2 is 2.21 bits per heavy atom. The third-order valence-corrected chi connectivity index (χ3v) is 3.05. The average molecular weight is 201 g/mol. The minimum atomic E-state index is -0.202. The van der Waals surface area contributed by atoms with Gasteiger partial charge in [-0.25, -0.2) is 0 Å².